The van der Waals surface area contributed by atoms with Crippen LogP contribution in [0.25, 0.3) is 5.69 Å². The number of hydrogen-bond donors (Lipinski definition) is 1. The lowest BCUT2D eigenvalue weighted by molar-refractivity contribution is 0.626. The smallest absolute Gasteiger partial charge is 0.143 e. The quantitative estimate of drug-likeness (QED) is 0.889. The first-order chi connectivity index (χ1) is 8.13. The van der Waals surface area contributed by atoms with Crippen molar-refractivity contribution in [3.05, 3.63) is 40.8 Å². The minimum atomic E-state index is -0.541. The Morgan fingerprint density at radius 3 is 2.94 bits per heavy atom. The highest BCUT2D eigenvalue weighted by Crippen LogP contribution is 2.21. The third-order valence-electron chi connectivity index (χ3n) is 2.30. The van der Waals surface area contributed by atoms with E-state index >= 15 is 0 Å². The summed E-state index contributed by atoms with van der Waals surface area (Å²) in [5.41, 5.74) is 6.88. The van der Waals surface area contributed by atoms with E-state index in [0.717, 1.165) is 0 Å². The lowest BCUT2D eigenvalue weighted by Gasteiger charge is -2.05. The van der Waals surface area contributed by atoms with Crippen LogP contribution < -0.4 is 5.73 Å². The minimum absolute atomic E-state index is 0.0386. The number of halogens is 2. The Hall–Kier alpha value is -2.06. The summed E-state index contributed by atoms with van der Waals surface area (Å²) in [6.45, 7) is 0. The number of anilines is 1. The number of nitrogens with zero attached hydrogens (tertiary/aromatic N) is 3. The molecule has 0 aliphatic carbocycles. The summed E-state index contributed by atoms with van der Waals surface area (Å²) >= 11 is 5.58. The van der Waals surface area contributed by atoms with Gasteiger partial charge in [0.1, 0.15) is 11.6 Å². The van der Waals surface area contributed by atoms with Crippen molar-refractivity contribution >= 4 is 17.4 Å². The molecule has 2 rings (SSSR count). The number of nitrogens with two attached hydrogens (primary N) is 1. The Kier molecular flexibility index (Phi) is 2.98. The van der Waals surface area contributed by atoms with Gasteiger partial charge in [-0.3, -0.25) is 0 Å². The van der Waals surface area contributed by atoms with Gasteiger partial charge in [-0.25, -0.2) is 9.07 Å². The summed E-state index contributed by atoms with van der Waals surface area (Å²) in [7, 11) is 0. The highest BCUT2D eigenvalue weighted by atomic mass is 35.5. The van der Waals surface area contributed by atoms with Crippen LogP contribution in [0.1, 0.15) is 5.56 Å². The van der Waals surface area contributed by atoms with Gasteiger partial charge in [0.25, 0.3) is 0 Å². The van der Waals surface area contributed by atoms with Gasteiger partial charge in [-0.15, -0.1) is 0 Å². The van der Waals surface area contributed by atoms with E-state index in [1.807, 2.05) is 6.07 Å². The summed E-state index contributed by atoms with van der Waals surface area (Å²) in [6.07, 6.45) is 1.66. The number of hydrogen-bond acceptors (Lipinski definition) is 3. The minimum Gasteiger partial charge on any atom is -0.383 e. The van der Waals surface area contributed by atoms with E-state index < -0.39 is 5.82 Å². The molecule has 0 atom stereocenters. The first-order valence-electron chi connectivity index (χ1n) is 4.78. The van der Waals surface area contributed by atoms with Crippen molar-refractivity contribution in [3.63, 3.8) is 0 Å². The molecule has 1 heterocycles. The summed E-state index contributed by atoms with van der Waals surface area (Å²) in [4.78, 5) is 0. The lowest BCUT2D eigenvalue weighted by atomic mass is 10.2. The van der Waals surface area contributed by atoms with Gasteiger partial charge >= 0.3 is 0 Å². The normalized spacial score (nSPS) is 10.2. The molecule has 0 fully saturated rings. The number of nitrogen functional groups attached to an aromatic ring is 1. The molecule has 0 aliphatic heterocycles. The Balaban J connectivity index is 2.47. The van der Waals surface area contributed by atoms with Crippen LogP contribution in [0.2, 0.25) is 5.02 Å². The molecule has 1 aromatic carbocycles. The molecule has 86 valence electrons. The summed E-state index contributed by atoms with van der Waals surface area (Å²) < 4.78 is 14.7. The van der Waals surface area contributed by atoms with Crippen LogP contribution >= 0.6 is 11.6 Å². The lowest BCUT2D eigenvalue weighted by Crippen LogP contribution is -2.03. The second kappa shape index (κ2) is 4.44. The molecular formula is C11H8ClFN4. The molecule has 0 radical (unpaired) electrons. The fraction of sp³-hybridized carbons (Fsp3) is 0.0909. The van der Waals surface area contributed by atoms with Crippen molar-refractivity contribution in [3.8, 4) is 11.8 Å². The first-order valence-corrected chi connectivity index (χ1v) is 5.16. The first kappa shape index (κ1) is 11.4. The van der Waals surface area contributed by atoms with Gasteiger partial charge < -0.3 is 5.73 Å². The third-order valence-corrected chi connectivity index (χ3v) is 2.61. The Bertz CT molecular complexity index is 600. The molecule has 0 saturated carbocycles. The number of aromatic nitrogens is 2. The van der Waals surface area contributed by atoms with Crippen LogP contribution in [-0.2, 0) is 6.42 Å². The Morgan fingerprint density at radius 1 is 1.53 bits per heavy atom. The maximum absolute atomic E-state index is 13.3. The summed E-state index contributed by atoms with van der Waals surface area (Å²) in [5, 5.41) is 12.6. The molecule has 1 aromatic heterocycles. The predicted octanol–water partition coefficient (Wildman–Crippen LogP) is 2.31. The monoisotopic (exact) mass is 250 g/mol. The summed E-state index contributed by atoms with van der Waals surface area (Å²) in [5.74, 6) is -0.214. The zero-order chi connectivity index (χ0) is 12.4. The molecular weight excluding hydrogens is 243 g/mol. The number of benzene rings is 1. The molecule has 2 aromatic rings. The van der Waals surface area contributed by atoms with E-state index in [1.54, 1.807) is 6.07 Å². The molecule has 0 saturated heterocycles. The molecule has 0 aliphatic rings. The number of rotatable bonds is 2. The summed E-state index contributed by atoms with van der Waals surface area (Å²) in [6, 6.07) is 6.25. The molecule has 0 unspecified atom stereocenters. The van der Waals surface area contributed by atoms with Crippen LogP contribution in [-0.4, -0.2) is 9.78 Å². The maximum atomic E-state index is 13.3. The average Bonchev–Trinajstić information content (AvgIpc) is 2.66. The van der Waals surface area contributed by atoms with Gasteiger partial charge in [0.15, 0.2) is 0 Å². The second-order valence-electron chi connectivity index (χ2n) is 3.40. The van der Waals surface area contributed by atoms with Gasteiger partial charge in [0, 0.05) is 11.6 Å². The van der Waals surface area contributed by atoms with E-state index in [0.29, 0.717) is 17.1 Å². The van der Waals surface area contributed by atoms with E-state index in [4.69, 9.17) is 22.6 Å². The van der Waals surface area contributed by atoms with Crippen LogP contribution in [0.4, 0.5) is 10.2 Å². The predicted molar refractivity (Wildman–Crippen MR) is 62.3 cm³/mol. The molecule has 6 heteroatoms. The van der Waals surface area contributed by atoms with Crippen molar-refractivity contribution in [2.24, 2.45) is 0 Å². The van der Waals surface area contributed by atoms with Crippen molar-refractivity contribution < 1.29 is 4.39 Å². The van der Waals surface area contributed by atoms with Crippen LogP contribution in [0.3, 0.4) is 0 Å². The van der Waals surface area contributed by atoms with Crippen molar-refractivity contribution in [2.45, 2.75) is 6.42 Å². The van der Waals surface area contributed by atoms with Gasteiger partial charge in [-0.1, -0.05) is 11.6 Å². The SMILES string of the molecule is N#CCc1cnn(-c2ccc(Cl)c(F)c2)c1N. The fourth-order valence-electron chi connectivity index (χ4n) is 1.44. The van der Waals surface area contributed by atoms with Gasteiger partial charge in [-0.05, 0) is 12.1 Å². The molecule has 17 heavy (non-hydrogen) atoms. The van der Waals surface area contributed by atoms with Crippen LogP contribution in [0, 0.1) is 17.1 Å². The molecule has 0 amide bonds. The zero-order valence-corrected chi connectivity index (χ0v) is 9.45. The van der Waals surface area contributed by atoms with Crippen LogP contribution in [0.15, 0.2) is 24.4 Å². The average molecular weight is 251 g/mol. The largest absolute Gasteiger partial charge is 0.383 e. The van der Waals surface area contributed by atoms with Crippen LogP contribution in [0.5, 0.6) is 0 Å². The third kappa shape index (κ3) is 2.08. The number of nitriles is 1. The van der Waals surface area contributed by atoms with Crippen molar-refractivity contribution in [1.82, 2.24) is 9.78 Å². The fourth-order valence-corrected chi connectivity index (χ4v) is 1.55. The second-order valence-corrected chi connectivity index (χ2v) is 3.81. The molecule has 0 bridgehead atoms. The Labute approximate surface area is 102 Å². The maximum Gasteiger partial charge on any atom is 0.143 e. The molecule has 4 nitrogen and oxygen atoms in total. The standard InChI is InChI=1S/C11H8ClFN4/c12-9-2-1-8(5-10(9)13)17-11(15)7(3-4-14)6-16-17/h1-2,5-6H,3,15H2. The zero-order valence-electron chi connectivity index (χ0n) is 8.69. The van der Waals surface area contributed by atoms with Gasteiger partial charge in [0.2, 0.25) is 0 Å². The Morgan fingerprint density at radius 2 is 2.29 bits per heavy atom. The van der Waals surface area contributed by atoms with E-state index in [1.165, 1.54) is 23.0 Å². The van der Waals surface area contributed by atoms with Crippen molar-refractivity contribution in [2.75, 3.05) is 5.73 Å². The van der Waals surface area contributed by atoms with E-state index in [2.05, 4.69) is 5.10 Å². The highest BCUT2D eigenvalue weighted by Gasteiger charge is 2.10. The topological polar surface area (TPSA) is 67.6 Å². The van der Waals surface area contributed by atoms with E-state index in [9.17, 15) is 4.39 Å². The highest BCUT2D eigenvalue weighted by molar-refractivity contribution is 6.30. The van der Waals surface area contributed by atoms with Gasteiger partial charge in [0.05, 0.1) is 29.4 Å². The van der Waals surface area contributed by atoms with Gasteiger partial charge in [-0.2, -0.15) is 10.4 Å². The molecule has 2 N–H and O–H groups in total. The van der Waals surface area contributed by atoms with E-state index in [-0.39, 0.29) is 11.4 Å². The van der Waals surface area contributed by atoms with Crippen molar-refractivity contribution in [1.29, 1.82) is 5.26 Å². The molecule has 0 spiro atoms.